The van der Waals surface area contributed by atoms with Gasteiger partial charge in [0.15, 0.2) is 0 Å². The molecule has 0 saturated heterocycles. The summed E-state index contributed by atoms with van der Waals surface area (Å²) in [7, 11) is 3.71. The van der Waals surface area contributed by atoms with Gasteiger partial charge in [0, 0.05) is 32.3 Å². The zero-order chi connectivity index (χ0) is 12.8. The summed E-state index contributed by atoms with van der Waals surface area (Å²) < 4.78 is 11.4. The van der Waals surface area contributed by atoms with Crippen molar-refractivity contribution in [1.82, 2.24) is 10.3 Å². The fourth-order valence-electron chi connectivity index (χ4n) is 2.42. The lowest BCUT2D eigenvalue weighted by atomic mass is 9.95. The minimum Gasteiger partial charge on any atom is -0.474 e. The summed E-state index contributed by atoms with van der Waals surface area (Å²) in [5.74, 6) is 0.726. The first-order valence-electron chi connectivity index (χ1n) is 6.61. The predicted octanol–water partition coefficient (Wildman–Crippen LogP) is 2.14. The highest BCUT2D eigenvalue weighted by Crippen LogP contribution is 2.24. The first-order chi connectivity index (χ1) is 8.81. The number of rotatable bonds is 5. The summed E-state index contributed by atoms with van der Waals surface area (Å²) in [5.41, 5.74) is 1.20. The number of methoxy groups -OCH3 is 1. The van der Waals surface area contributed by atoms with Crippen molar-refractivity contribution in [2.75, 3.05) is 14.2 Å². The maximum Gasteiger partial charge on any atom is 0.213 e. The second kappa shape index (κ2) is 6.71. The molecule has 0 aromatic carbocycles. The van der Waals surface area contributed by atoms with Crippen molar-refractivity contribution in [2.45, 2.75) is 44.4 Å². The van der Waals surface area contributed by atoms with Crippen LogP contribution >= 0.6 is 0 Å². The molecule has 0 amide bonds. The third-order valence-electron chi connectivity index (χ3n) is 3.38. The van der Waals surface area contributed by atoms with Gasteiger partial charge in [0.25, 0.3) is 0 Å². The molecule has 2 rings (SSSR count). The first kappa shape index (κ1) is 13.3. The molecule has 1 aromatic heterocycles. The van der Waals surface area contributed by atoms with Gasteiger partial charge in [-0.15, -0.1) is 0 Å². The molecule has 4 nitrogen and oxygen atoms in total. The van der Waals surface area contributed by atoms with Crippen molar-refractivity contribution in [3.63, 3.8) is 0 Å². The maximum absolute atomic E-state index is 5.96. The van der Waals surface area contributed by atoms with Crippen LogP contribution in [0.2, 0.25) is 0 Å². The van der Waals surface area contributed by atoms with Gasteiger partial charge in [-0.25, -0.2) is 4.98 Å². The fourth-order valence-corrected chi connectivity index (χ4v) is 2.42. The van der Waals surface area contributed by atoms with E-state index in [2.05, 4.69) is 10.3 Å². The molecular formula is C14H22N2O2. The summed E-state index contributed by atoms with van der Waals surface area (Å²) in [5, 5.41) is 3.13. The standard InChI is InChI=1S/C14H22N2O2/c1-15-10-11-6-7-16-14(8-11)18-13-5-3-4-12(9-13)17-2/h6-8,12-13,15H,3-5,9-10H2,1-2H3. The molecule has 1 saturated carbocycles. The van der Waals surface area contributed by atoms with Gasteiger partial charge in [0.05, 0.1) is 6.10 Å². The van der Waals surface area contributed by atoms with Gasteiger partial charge < -0.3 is 14.8 Å². The van der Waals surface area contributed by atoms with Crippen LogP contribution in [0.25, 0.3) is 0 Å². The van der Waals surface area contributed by atoms with Crippen LogP contribution in [-0.4, -0.2) is 31.3 Å². The van der Waals surface area contributed by atoms with Crippen molar-refractivity contribution in [2.24, 2.45) is 0 Å². The normalized spacial score (nSPS) is 23.9. The quantitative estimate of drug-likeness (QED) is 0.869. The van der Waals surface area contributed by atoms with Gasteiger partial charge in [0.2, 0.25) is 5.88 Å². The molecule has 1 fully saturated rings. The van der Waals surface area contributed by atoms with Gasteiger partial charge >= 0.3 is 0 Å². The van der Waals surface area contributed by atoms with Gasteiger partial charge in [-0.3, -0.25) is 0 Å². The van der Waals surface area contributed by atoms with Crippen LogP contribution in [0.3, 0.4) is 0 Å². The monoisotopic (exact) mass is 250 g/mol. The zero-order valence-electron chi connectivity index (χ0n) is 11.2. The molecule has 1 aliphatic carbocycles. The Kier molecular flexibility index (Phi) is 4.96. The largest absolute Gasteiger partial charge is 0.474 e. The van der Waals surface area contributed by atoms with E-state index in [1.165, 1.54) is 12.0 Å². The van der Waals surface area contributed by atoms with Gasteiger partial charge in [-0.1, -0.05) is 0 Å². The van der Waals surface area contributed by atoms with E-state index < -0.39 is 0 Å². The predicted molar refractivity (Wildman–Crippen MR) is 70.7 cm³/mol. The van der Waals surface area contributed by atoms with Crippen molar-refractivity contribution < 1.29 is 9.47 Å². The van der Waals surface area contributed by atoms with Gasteiger partial charge in [0.1, 0.15) is 6.10 Å². The minimum absolute atomic E-state index is 0.237. The number of hydrogen-bond acceptors (Lipinski definition) is 4. The molecule has 2 atom stereocenters. The average molecular weight is 250 g/mol. The third-order valence-corrected chi connectivity index (χ3v) is 3.38. The van der Waals surface area contributed by atoms with Crippen LogP contribution in [0.1, 0.15) is 31.2 Å². The summed E-state index contributed by atoms with van der Waals surface area (Å²) in [6.45, 7) is 0.838. The molecule has 0 bridgehead atoms. The molecule has 1 aromatic rings. The summed E-state index contributed by atoms with van der Waals surface area (Å²) in [6, 6.07) is 4.01. The first-order valence-corrected chi connectivity index (χ1v) is 6.61. The van der Waals surface area contributed by atoms with E-state index >= 15 is 0 Å². The highest BCUT2D eigenvalue weighted by molar-refractivity contribution is 5.20. The van der Waals surface area contributed by atoms with Crippen LogP contribution in [-0.2, 0) is 11.3 Å². The van der Waals surface area contributed by atoms with Crippen LogP contribution in [0.15, 0.2) is 18.3 Å². The van der Waals surface area contributed by atoms with Crippen LogP contribution in [0, 0.1) is 0 Å². The van der Waals surface area contributed by atoms with Crippen molar-refractivity contribution in [3.05, 3.63) is 23.9 Å². The van der Waals surface area contributed by atoms with Gasteiger partial charge in [-0.05, 0) is 37.9 Å². The van der Waals surface area contributed by atoms with Crippen molar-refractivity contribution in [3.8, 4) is 5.88 Å². The summed E-state index contributed by atoms with van der Waals surface area (Å²) >= 11 is 0. The summed E-state index contributed by atoms with van der Waals surface area (Å²) in [4.78, 5) is 4.28. The Hall–Kier alpha value is -1.13. The zero-order valence-corrected chi connectivity index (χ0v) is 11.2. The number of aromatic nitrogens is 1. The van der Waals surface area contributed by atoms with E-state index in [4.69, 9.17) is 9.47 Å². The molecule has 1 N–H and O–H groups in total. The topological polar surface area (TPSA) is 43.4 Å². The lowest BCUT2D eigenvalue weighted by molar-refractivity contribution is 0.0195. The molecule has 0 spiro atoms. The summed E-state index contributed by atoms with van der Waals surface area (Å²) in [6.07, 6.45) is 6.75. The van der Waals surface area contributed by atoms with E-state index in [0.29, 0.717) is 6.10 Å². The molecule has 1 heterocycles. The van der Waals surface area contributed by atoms with Crippen LogP contribution in [0.5, 0.6) is 5.88 Å². The highest BCUT2D eigenvalue weighted by Gasteiger charge is 2.23. The number of nitrogens with one attached hydrogen (secondary N) is 1. The van der Waals surface area contributed by atoms with E-state index in [0.717, 1.165) is 31.7 Å². The van der Waals surface area contributed by atoms with E-state index in [-0.39, 0.29) is 6.10 Å². The molecular weight excluding hydrogens is 228 g/mol. The van der Waals surface area contributed by atoms with Crippen LogP contribution < -0.4 is 10.1 Å². The molecule has 18 heavy (non-hydrogen) atoms. The third kappa shape index (κ3) is 3.68. The Balaban J connectivity index is 1.93. The second-order valence-corrected chi connectivity index (χ2v) is 4.80. The lowest BCUT2D eigenvalue weighted by Gasteiger charge is -2.28. The smallest absolute Gasteiger partial charge is 0.213 e. The average Bonchev–Trinajstić information content (AvgIpc) is 2.40. The molecule has 100 valence electrons. The highest BCUT2D eigenvalue weighted by atomic mass is 16.5. The molecule has 4 heteroatoms. The number of hydrogen-bond donors (Lipinski definition) is 1. The Labute approximate surface area is 109 Å². The molecule has 0 aliphatic heterocycles. The second-order valence-electron chi connectivity index (χ2n) is 4.80. The maximum atomic E-state index is 5.96. The Bertz CT molecular complexity index is 371. The SMILES string of the molecule is CNCc1ccnc(OC2CCCC(OC)C2)c1. The Morgan fingerprint density at radius 1 is 1.39 bits per heavy atom. The Morgan fingerprint density at radius 2 is 2.22 bits per heavy atom. The molecule has 2 unspecified atom stereocenters. The van der Waals surface area contributed by atoms with Crippen molar-refractivity contribution >= 4 is 0 Å². The number of nitrogens with zero attached hydrogens (tertiary/aromatic N) is 1. The minimum atomic E-state index is 0.237. The number of pyridine rings is 1. The van der Waals surface area contributed by atoms with E-state index in [1.807, 2.05) is 19.2 Å². The Morgan fingerprint density at radius 3 is 3.00 bits per heavy atom. The lowest BCUT2D eigenvalue weighted by Crippen LogP contribution is -2.29. The number of ether oxygens (including phenoxy) is 2. The van der Waals surface area contributed by atoms with Crippen LogP contribution in [0.4, 0.5) is 0 Å². The molecule has 1 aliphatic rings. The molecule has 0 radical (unpaired) electrons. The van der Waals surface area contributed by atoms with E-state index in [1.54, 1.807) is 13.3 Å². The van der Waals surface area contributed by atoms with Gasteiger partial charge in [-0.2, -0.15) is 0 Å². The van der Waals surface area contributed by atoms with E-state index in [9.17, 15) is 0 Å². The fraction of sp³-hybridized carbons (Fsp3) is 0.643. The van der Waals surface area contributed by atoms with Crippen molar-refractivity contribution in [1.29, 1.82) is 0 Å².